The molecule has 0 unspecified atom stereocenters. The lowest BCUT2D eigenvalue weighted by atomic mass is 9.92. The molecule has 1 atom stereocenters. The van der Waals surface area contributed by atoms with Gasteiger partial charge in [0.15, 0.2) is 0 Å². The summed E-state index contributed by atoms with van der Waals surface area (Å²) < 4.78 is 13.4. The zero-order valence-electron chi connectivity index (χ0n) is 14.2. The van der Waals surface area contributed by atoms with Gasteiger partial charge in [-0.2, -0.15) is 0 Å². The first-order valence-corrected chi connectivity index (χ1v) is 7.94. The molecule has 0 spiro atoms. The van der Waals surface area contributed by atoms with Crippen molar-refractivity contribution in [2.45, 2.75) is 39.5 Å². The van der Waals surface area contributed by atoms with E-state index in [1.807, 2.05) is 7.05 Å². The average Bonchev–Trinajstić information content (AvgIpc) is 2.65. The molecule has 1 aromatic carbocycles. The van der Waals surface area contributed by atoms with Gasteiger partial charge in [-0.15, -0.1) is 0 Å². The van der Waals surface area contributed by atoms with Gasteiger partial charge < -0.3 is 5.32 Å². The maximum absolute atomic E-state index is 13.4. The molecule has 0 radical (unpaired) electrons. The normalized spacial score (nSPS) is 18.0. The topological polar surface area (TPSA) is 12.0 Å². The summed E-state index contributed by atoms with van der Waals surface area (Å²) >= 11 is 0. The monoisotopic (exact) mass is 301 g/mol. The van der Waals surface area contributed by atoms with E-state index in [1.165, 1.54) is 22.8 Å². The fourth-order valence-electron chi connectivity index (χ4n) is 2.60. The van der Waals surface area contributed by atoms with Crippen molar-refractivity contribution in [3.05, 3.63) is 71.1 Å². The van der Waals surface area contributed by atoms with Crippen LogP contribution in [0, 0.1) is 0 Å². The van der Waals surface area contributed by atoms with Gasteiger partial charge in [0.2, 0.25) is 0 Å². The molecule has 1 N–H and O–H groups in total. The molecular weight excluding hydrogens is 273 g/mol. The summed E-state index contributed by atoms with van der Waals surface area (Å²) in [7, 11) is 1.93. The molecule has 0 heterocycles. The van der Waals surface area contributed by atoms with E-state index in [4.69, 9.17) is 0 Å². The van der Waals surface area contributed by atoms with Crippen LogP contribution in [0.4, 0.5) is 4.39 Å². The Bertz CT molecular complexity index is 553. The highest BCUT2D eigenvalue weighted by Crippen LogP contribution is 2.34. The molecule has 0 bridgehead atoms. The van der Waals surface area contributed by atoms with Gasteiger partial charge in [-0.05, 0) is 68.1 Å². The zero-order valence-corrected chi connectivity index (χ0v) is 14.2. The van der Waals surface area contributed by atoms with Crippen molar-refractivity contribution in [1.29, 1.82) is 0 Å². The summed E-state index contributed by atoms with van der Waals surface area (Å²) in [6, 6.07) is 8.51. The predicted molar refractivity (Wildman–Crippen MR) is 94.9 cm³/mol. The van der Waals surface area contributed by atoms with E-state index in [-0.39, 0.29) is 5.83 Å². The van der Waals surface area contributed by atoms with Crippen molar-refractivity contribution in [2.24, 2.45) is 0 Å². The van der Waals surface area contributed by atoms with Gasteiger partial charge >= 0.3 is 0 Å². The van der Waals surface area contributed by atoms with Crippen molar-refractivity contribution in [1.82, 2.24) is 5.32 Å². The fraction of sp³-hybridized carbons (Fsp3) is 0.400. The van der Waals surface area contributed by atoms with E-state index in [1.54, 1.807) is 6.08 Å². The number of hydrogen-bond acceptors (Lipinski definition) is 1. The molecule has 0 saturated heterocycles. The van der Waals surface area contributed by atoms with Crippen LogP contribution < -0.4 is 5.32 Å². The van der Waals surface area contributed by atoms with Gasteiger partial charge in [-0.25, -0.2) is 4.39 Å². The van der Waals surface area contributed by atoms with Gasteiger partial charge in [-0.1, -0.05) is 50.3 Å². The third-order valence-electron chi connectivity index (χ3n) is 3.98. The third-order valence-corrected chi connectivity index (χ3v) is 3.98. The molecule has 2 rings (SSSR count). The molecule has 0 aromatic heterocycles. The van der Waals surface area contributed by atoms with Crippen LogP contribution in [-0.4, -0.2) is 13.6 Å². The highest BCUT2D eigenvalue weighted by atomic mass is 19.1. The summed E-state index contributed by atoms with van der Waals surface area (Å²) in [6.45, 7) is 10.9. The first kappa shape index (κ1) is 18.4. The SMILES string of the molecule is C=C/C(F)=C\C1=C(C)Cc2ccccc2[C@@H](C)C1.CCNC. The number of allylic oxidation sites excluding steroid dienone is 5. The van der Waals surface area contributed by atoms with E-state index in [9.17, 15) is 4.39 Å². The molecule has 1 aliphatic rings. The molecule has 1 aliphatic carbocycles. The van der Waals surface area contributed by atoms with Gasteiger partial charge in [0.1, 0.15) is 5.83 Å². The number of halogens is 1. The number of benzene rings is 1. The van der Waals surface area contributed by atoms with Crippen LogP contribution in [0.25, 0.3) is 0 Å². The Morgan fingerprint density at radius 3 is 2.64 bits per heavy atom. The second-order valence-corrected chi connectivity index (χ2v) is 5.73. The van der Waals surface area contributed by atoms with Crippen molar-refractivity contribution in [3.8, 4) is 0 Å². The maximum Gasteiger partial charge on any atom is 0.122 e. The van der Waals surface area contributed by atoms with Crippen LogP contribution in [0.1, 0.15) is 44.2 Å². The highest BCUT2D eigenvalue weighted by molar-refractivity contribution is 5.41. The number of fused-ring (bicyclic) bond motifs is 1. The summed E-state index contributed by atoms with van der Waals surface area (Å²) in [4.78, 5) is 0. The highest BCUT2D eigenvalue weighted by Gasteiger charge is 2.17. The number of rotatable bonds is 3. The lowest BCUT2D eigenvalue weighted by Gasteiger charge is -2.12. The van der Waals surface area contributed by atoms with E-state index < -0.39 is 0 Å². The molecule has 0 saturated carbocycles. The van der Waals surface area contributed by atoms with E-state index in [2.05, 4.69) is 56.9 Å². The van der Waals surface area contributed by atoms with E-state index >= 15 is 0 Å². The molecule has 22 heavy (non-hydrogen) atoms. The van der Waals surface area contributed by atoms with Crippen LogP contribution in [-0.2, 0) is 6.42 Å². The quantitative estimate of drug-likeness (QED) is 0.745. The summed E-state index contributed by atoms with van der Waals surface area (Å²) in [5, 5.41) is 2.93. The molecular formula is C20H28FN. The van der Waals surface area contributed by atoms with Gasteiger partial charge in [-0.3, -0.25) is 0 Å². The Labute approximate surface area is 134 Å². The predicted octanol–water partition coefficient (Wildman–Crippen LogP) is 5.32. The standard InChI is InChI=1S/C17H19F.C3H9N/c1-4-16(18)11-15-10-13(3)17-8-6-5-7-14(17)9-12(15)2;1-3-4-2/h4-8,11,13H,1,9-10H2,2-3H3;4H,3H2,1-2H3/b16-11+;/t13-;/m0./s1. The molecule has 1 nitrogen and oxygen atoms in total. The first-order valence-electron chi connectivity index (χ1n) is 7.94. The van der Waals surface area contributed by atoms with Crippen molar-refractivity contribution >= 4 is 0 Å². The lowest BCUT2D eigenvalue weighted by molar-refractivity contribution is 0.662. The smallest absolute Gasteiger partial charge is 0.122 e. The van der Waals surface area contributed by atoms with Crippen molar-refractivity contribution in [3.63, 3.8) is 0 Å². The van der Waals surface area contributed by atoms with Crippen LogP contribution in [0.15, 0.2) is 60.0 Å². The van der Waals surface area contributed by atoms with E-state index in [0.29, 0.717) is 5.92 Å². The second-order valence-electron chi connectivity index (χ2n) is 5.73. The molecule has 2 heteroatoms. The Morgan fingerprint density at radius 2 is 2.05 bits per heavy atom. The van der Waals surface area contributed by atoms with Crippen LogP contribution in [0.3, 0.4) is 0 Å². The maximum atomic E-state index is 13.4. The van der Waals surface area contributed by atoms with Crippen LogP contribution in [0.5, 0.6) is 0 Å². The molecule has 1 aromatic rings. The minimum atomic E-state index is -0.248. The molecule has 0 aliphatic heterocycles. The lowest BCUT2D eigenvalue weighted by Crippen LogP contribution is -2.01. The Hall–Kier alpha value is -1.67. The molecule has 120 valence electrons. The summed E-state index contributed by atoms with van der Waals surface area (Å²) in [6.07, 6.45) is 4.70. The Morgan fingerprint density at radius 1 is 1.41 bits per heavy atom. The van der Waals surface area contributed by atoms with Crippen molar-refractivity contribution in [2.75, 3.05) is 13.6 Å². The largest absolute Gasteiger partial charge is 0.320 e. The first-order chi connectivity index (χ1) is 10.5. The van der Waals surface area contributed by atoms with Crippen LogP contribution >= 0.6 is 0 Å². The summed E-state index contributed by atoms with van der Waals surface area (Å²) in [5.74, 6) is 0.185. The van der Waals surface area contributed by atoms with Crippen LogP contribution in [0.2, 0.25) is 0 Å². The minimum Gasteiger partial charge on any atom is -0.320 e. The zero-order chi connectivity index (χ0) is 16.5. The van der Waals surface area contributed by atoms with Gasteiger partial charge in [0, 0.05) is 0 Å². The fourth-order valence-corrected chi connectivity index (χ4v) is 2.60. The second kappa shape index (κ2) is 9.37. The van der Waals surface area contributed by atoms with Gasteiger partial charge in [0.25, 0.3) is 0 Å². The third kappa shape index (κ3) is 5.27. The minimum absolute atomic E-state index is 0.248. The number of nitrogens with one attached hydrogen (secondary N) is 1. The summed E-state index contributed by atoms with van der Waals surface area (Å²) in [5.41, 5.74) is 5.11. The van der Waals surface area contributed by atoms with Crippen molar-refractivity contribution < 1.29 is 4.39 Å². The van der Waals surface area contributed by atoms with Gasteiger partial charge in [0.05, 0.1) is 0 Å². The Kier molecular flexibility index (Phi) is 7.83. The Balaban J connectivity index is 0.000000541. The molecule has 0 fully saturated rings. The van der Waals surface area contributed by atoms with E-state index in [0.717, 1.165) is 25.0 Å². The number of hydrogen-bond donors (Lipinski definition) is 1. The molecule has 0 amide bonds. The average molecular weight is 301 g/mol.